The summed E-state index contributed by atoms with van der Waals surface area (Å²) < 4.78 is 31.5. The van der Waals surface area contributed by atoms with Crippen LogP contribution in [0.5, 0.6) is 0 Å². The minimum atomic E-state index is -2.95. The van der Waals surface area contributed by atoms with Crippen molar-refractivity contribution in [1.82, 2.24) is 5.32 Å². The number of amides is 1. The molecule has 1 aliphatic carbocycles. The number of rotatable bonds is 2. The molecule has 0 aliphatic heterocycles. The lowest BCUT2D eigenvalue weighted by atomic mass is 9.82. The maximum Gasteiger partial charge on any atom is 0.407 e. The van der Waals surface area contributed by atoms with Gasteiger partial charge in [0.05, 0.1) is 12.0 Å². The average Bonchev–Trinajstić information content (AvgIpc) is 2.11. The van der Waals surface area contributed by atoms with Gasteiger partial charge < -0.3 is 15.2 Å². The second-order valence-electron chi connectivity index (χ2n) is 5.80. The zero-order chi connectivity index (χ0) is 14.8. The molecule has 0 aromatic carbocycles. The molecule has 0 aromatic rings. The van der Waals surface area contributed by atoms with Crippen LogP contribution in [0.2, 0.25) is 0 Å². The van der Waals surface area contributed by atoms with Crippen LogP contribution in [-0.4, -0.2) is 34.7 Å². The van der Waals surface area contributed by atoms with Gasteiger partial charge in [-0.3, -0.25) is 4.79 Å². The first-order chi connectivity index (χ1) is 8.50. The number of carboxylic acid groups (broad SMARTS) is 1. The number of halogens is 2. The van der Waals surface area contributed by atoms with Gasteiger partial charge in [0, 0.05) is 12.8 Å². The minimum Gasteiger partial charge on any atom is -0.481 e. The Hall–Kier alpha value is -1.40. The van der Waals surface area contributed by atoms with E-state index >= 15 is 0 Å². The molecule has 1 saturated carbocycles. The number of alkyl halides is 2. The van der Waals surface area contributed by atoms with Gasteiger partial charge in [-0.2, -0.15) is 0 Å². The summed E-state index contributed by atoms with van der Waals surface area (Å²) in [6.07, 6.45) is -2.19. The number of hydrogen-bond acceptors (Lipinski definition) is 3. The number of carbonyl (C=O) groups is 2. The molecule has 2 unspecified atom stereocenters. The molecular formula is C12H19F2NO4. The topological polar surface area (TPSA) is 75.6 Å². The van der Waals surface area contributed by atoms with Crippen molar-refractivity contribution < 1.29 is 28.2 Å². The lowest BCUT2D eigenvalue weighted by Gasteiger charge is -2.34. The third-order valence-corrected chi connectivity index (χ3v) is 2.84. The average molecular weight is 279 g/mol. The summed E-state index contributed by atoms with van der Waals surface area (Å²) in [5.74, 6) is -5.14. The van der Waals surface area contributed by atoms with Crippen molar-refractivity contribution in [3.63, 3.8) is 0 Å². The standard InChI is InChI=1S/C12H19F2NO4/c1-11(2,3)19-10(18)15-8-6-12(13,14)5-4-7(8)9(16)17/h7-8H,4-6H2,1-3H3,(H,15,18)(H,16,17). The summed E-state index contributed by atoms with van der Waals surface area (Å²) in [7, 11) is 0. The fourth-order valence-electron chi connectivity index (χ4n) is 2.04. The van der Waals surface area contributed by atoms with Crippen molar-refractivity contribution in [1.29, 1.82) is 0 Å². The molecule has 1 aliphatic rings. The van der Waals surface area contributed by atoms with E-state index < -0.39 is 48.4 Å². The predicted octanol–water partition coefficient (Wildman–Crippen LogP) is 2.40. The van der Waals surface area contributed by atoms with E-state index in [1.54, 1.807) is 20.8 Å². The number of alkyl carbamates (subject to hydrolysis) is 1. The van der Waals surface area contributed by atoms with Crippen molar-refractivity contribution >= 4 is 12.1 Å². The SMILES string of the molecule is CC(C)(C)OC(=O)NC1CC(F)(F)CCC1C(=O)O. The first-order valence-corrected chi connectivity index (χ1v) is 6.10. The van der Waals surface area contributed by atoms with Crippen LogP contribution in [0.3, 0.4) is 0 Å². The van der Waals surface area contributed by atoms with Gasteiger partial charge >= 0.3 is 12.1 Å². The molecule has 19 heavy (non-hydrogen) atoms. The third-order valence-electron chi connectivity index (χ3n) is 2.84. The molecule has 0 heterocycles. The van der Waals surface area contributed by atoms with E-state index in [1.165, 1.54) is 0 Å². The minimum absolute atomic E-state index is 0.164. The molecule has 2 atom stereocenters. The van der Waals surface area contributed by atoms with Crippen molar-refractivity contribution in [2.24, 2.45) is 5.92 Å². The fourth-order valence-corrected chi connectivity index (χ4v) is 2.04. The molecule has 110 valence electrons. The zero-order valence-corrected chi connectivity index (χ0v) is 11.2. The second kappa shape index (κ2) is 5.30. The first kappa shape index (κ1) is 15.7. The molecule has 0 radical (unpaired) electrons. The predicted molar refractivity (Wildman–Crippen MR) is 63.1 cm³/mol. The quantitative estimate of drug-likeness (QED) is 0.813. The van der Waals surface area contributed by atoms with Crippen LogP contribution < -0.4 is 5.32 Å². The van der Waals surface area contributed by atoms with E-state index in [9.17, 15) is 18.4 Å². The van der Waals surface area contributed by atoms with Gasteiger partial charge in [-0.1, -0.05) is 0 Å². The molecule has 1 rings (SSSR count). The zero-order valence-electron chi connectivity index (χ0n) is 11.2. The second-order valence-corrected chi connectivity index (χ2v) is 5.80. The summed E-state index contributed by atoms with van der Waals surface area (Å²) in [6, 6.07) is -1.11. The van der Waals surface area contributed by atoms with Crippen LogP contribution in [0.1, 0.15) is 40.0 Å². The molecule has 0 bridgehead atoms. The van der Waals surface area contributed by atoms with Crippen molar-refractivity contribution in [2.45, 2.75) is 57.6 Å². The van der Waals surface area contributed by atoms with Gasteiger partial charge in [-0.05, 0) is 27.2 Å². The Bertz CT molecular complexity index is 365. The highest BCUT2D eigenvalue weighted by atomic mass is 19.3. The lowest BCUT2D eigenvalue weighted by molar-refractivity contribution is -0.147. The highest BCUT2D eigenvalue weighted by Gasteiger charge is 2.45. The number of hydrogen-bond donors (Lipinski definition) is 2. The monoisotopic (exact) mass is 279 g/mol. The summed E-state index contributed by atoms with van der Waals surface area (Å²) in [6.45, 7) is 4.91. The van der Waals surface area contributed by atoms with Gasteiger partial charge in [0.25, 0.3) is 0 Å². The molecule has 7 heteroatoms. The maximum absolute atomic E-state index is 13.3. The molecule has 5 nitrogen and oxygen atoms in total. The van der Waals surface area contributed by atoms with E-state index in [0.717, 1.165) is 0 Å². The van der Waals surface area contributed by atoms with Gasteiger partial charge in [0.1, 0.15) is 5.60 Å². The summed E-state index contributed by atoms with van der Waals surface area (Å²) in [4.78, 5) is 22.5. The Morgan fingerprint density at radius 1 is 1.37 bits per heavy atom. The lowest BCUT2D eigenvalue weighted by Crippen LogP contribution is -2.50. The molecule has 1 amide bonds. The normalized spacial score (nSPS) is 26.6. The molecule has 2 N–H and O–H groups in total. The van der Waals surface area contributed by atoms with Crippen LogP contribution in [-0.2, 0) is 9.53 Å². The van der Waals surface area contributed by atoms with Crippen molar-refractivity contribution in [3.8, 4) is 0 Å². The number of carboxylic acids is 1. The van der Waals surface area contributed by atoms with Crippen molar-refractivity contribution in [2.75, 3.05) is 0 Å². The molecule has 0 aromatic heterocycles. The first-order valence-electron chi connectivity index (χ1n) is 6.10. The number of carbonyl (C=O) groups excluding carboxylic acids is 1. The fraction of sp³-hybridized carbons (Fsp3) is 0.833. The van der Waals surface area contributed by atoms with Crippen LogP contribution >= 0.6 is 0 Å². The van der Waals surface area contributed by atoms with Crippen LogP contribution in [0.15, 0.2) is 0 Å². The Kier molecular flexibility index (Phi) is 4.37. The summed E-state index contributed by atoms with van der Waals surface area (Å²) >= 11 is 0. The highest BCUT2D eigenvalue weighted by Crippen LogP contribution is 2.36. The van der Waals surface area contributed by atoms with E-state index in [0.29, 0.717) is 0 Å². The Balaban J connectivity index is 2.70. The van der Waals surface area contributed by atoms with Crippen LogP contribution in [0.4, 0.5) is 13.6 Å². The van der Waals surface area contributed by atoms with Gasteiger partial charge in [-0.15, -0.1) is 0 Å². The maximum atomic E-state index is 13.3. The van der Waals surface area contributed by atoms with E-state index in [-0.39, 0.29) is 6.42 Å². The highest BCUT2D eigenvalue weighted by molar-refractivity contribution is 5.74. The van der Waals surface area contributed by atoms with Gasteiger partial charge in [0.2, 0.25) is 5.92 Å². The molecule has 0 spiro atoms. The van der Waals surface area contributed by atoms with Crippen molar-refractivity contribution in [3.05, 3.63) is 0 Å². The van der Waals surface area contributed by atoms with E-state index in [1.807, 2.05) is 0 Å². The Labute approximate surface area is 110 Å². The largest absolute Gasteiger partial charge is 0.481 e. The Morgan fingerprint density at radius 2 is 1.95 bits per heavy atom. The summed E-state index contributed by atoms with van der Waals surface area (Å²) in [5, 5.41) is 11.2. The van der Waals surface area contributed by atoms with Crippen LogP contribution in [0.25, 0.3) is 0 Å². The van der Waals surface area contributed by atoms with E-state index in [2.05, 4.69) is 5.32 Å². The van der Waals surface area contributed by atoms with Gasteiger partial charge in [-0.25, -0.2) is 13.6 Å². The smallest absolute Gasteiger partial charge is 0.407 e. The van der Waals surface area contributed by atoms with Crippen LogP contribution in [0, 0.1) is 5.92 Å². The van der Waals surface area contributed by atoms with Gasteiger partial charge in [0.15, 0.2) is 0 Å². The number of aliphatic carboxylic acids is 1. The summed E-state index contributed by atoms with van der Waals surface area (Å²) in [5.41, 5.74) is -0.764. The number of ether oxygens (including phenoxy) is 1. The third kappa shape index (κ3) is 5.00. The number of nitrogens with one attached hydrogen (secondary N) is 1. The molecule has 1 fully saturated rings. The van der Waals surface area contributed by atoms with E-state index in [4.69, 9.17) is 9.84 Å². The molecular weight excluding hydrogens is 260 g/mol. The Morgan fingerprint density at radius 3 is 2.42 bits per heavy atom. The molecule has 0 saturated heterocycles.